The second-order valence-electron chi connectivity index (χ2n) is 5.14. The monoisotopic (exact) mass is 239 g/mol. The Morgan fingerprint density at radius 2 is 2.06 bits per heavy atom. The van der Waals surface area contributed by atoms with Gasteiger partial charge in [0.15, 0.2) is 4.77 Å². The van der Waals surface area contributed by atoms with Crippen LogP contribution in [0.5, 0.6) is 0 Å². The normalized spacial score (nSPS) is 25.9. The first-order valence-corrected chi connectivity index (χ1v) is 6.69. The molecule has 0 atom stereocenters. The Morgan fingerprint density at radius 1 is 1.38 bits per heavy atom. The minimum Gasteiger partial charge on any atom is -0.304 e. The fraction of sp³-hybridized carbons (Fsp3) is 0.833. The maximum Gasteiger partial charge on any atom is 0.195 e. The topological polar surface area (TPSA) is 33.6 Å². The van der Waals surface area contributed by atoms with Gasteiger partial charge in [-0.05, 0) is 37.4 Å². The molecule has 0 aliphatic heterocycles. The summed E-state index contributed by atoms with van der Waals surface area (Å²) >= 11 is 5.20. The molecular weight excluding hydrogens is 218 g/mol. The zero-order valence-corrected chi connectivity index (χ0v) is 11.0. The maximum atomic E-state index is 5.20. The van der Waals surface area contributed by atoms with Gasteiger partial charge in [0.25, 0.3) is 0 Å². The number of nitrogens with zero attached hydrogens (tertiary/aromatic N) is 2. The Morgan fingerprint density at radius 3 is 2.62 bits per heavy atom. The van der Waals surface area contributed by atoms with Crippen LogP contribution in [-0.2, 0) is 6.54 Å². The van der Waals surface area contributed by atoms with Crippen molar-refractivity contribution in [1.82, 2.24) is 14.8 Å². The van der Waals surface area contributed by atoms with E-state index >= 15 is 0 Å². The summed E-state index contributed by atoms with van der Waals surface area (Å²) in [4.78, 5) is 0. The molecule has 1 aromatic heterocycles. The molecule has 1 saturated carbocycles. The lowest BCUT2D eigenvalue weighted by Gasteiger charge is -2.26. The fourth-order valence-electron chi connectivity index (χ4n) is 2.59. The molecule has 0 aromatic carbocycles. The molecule has 0 saturated heterocycles. The molecule has 4 heteroatoms. The zero-order chi connectivity index (χ0) is 11.5. The molecule has 0 unspecified atom stereocenters. The summed E-state index contributed by atoms with van der Waals surface area (Å²) in [6, 6.07) is 0. The van der Waals surface area contributed by atoms with Crippen molar-refractivity contribution in [1.29, 1.82) is 0 Å². The fourth-order valence-corrected chi connectivity index (χ4v) is 2.86. The average molecular weight is 239 g/mol. The van der Waals surface area contributed by atoms with Crippen LogP contribution >= 0.6 is 12.2 Å². The molecule has 0 spiro atoms. The van der Waals surface area contributed by atoms with E-state index in [0.717, 1.165) is 29.0 Å². The van der Waals surface area contributed by atoms with E-state index in [1.165, 1.54) is 32.1 Å². The van der Waals surface area contributed by atoms with Crippen LogP contribution in [0.1, 0.15) is 44.9 Å². The Labute approximate surface area is 102 Å². The number of H-pyrrole nitrogens is 1. The van der Waals surface area contributed by atoms with E-state index in [4.69, 9.17) is 12.2 Å². The second kappa shape index (κ2) is 5.13. The molecule has 0 radical (unpaired) electrons. The van der Waals surface area contributed by atoms with Gasteiger partial charge in [-0.3, -0.25) is 5.10 Å². The van der Waals surface area contributed by atoms with E-state index in [-0.39, 0.29) is 0 Å². The molecular formula is C12H21N3S. The van der Waals surface area contributed by atoms with Crippen molar-refractivity contribution in [2.75, 3.05) is 0 Å². The Balaban J connectivity index is 1.86. The average Bonchev–Trinajstić information content (AvgIpc) is 2.59. The molecule has 1 N–H and O–H groups in total. The molecule has 0 bridgehead atoms. The van der Waals surface area contributed by atoms with Crippen LogP contribution in [0.3, 0.4) is 0 Å². The quantitative estimate of drug-likeness (QED) is 0.819. The van der Waals surface area contributed by atoms with Crippen molar-refractivity contribution in [3.05, 3.63) is 10.6 Å². The predicted octanol–water partition coefficient (Wildman–Crippen LogP) is 3.47. The van der Waals surface area contributed by atoms with Gasteiger partial charge in [0, 0.05) is 6.54 Å². The van der Waals surface area contributed by atoms with Crippen LogP contribution in [0, 0.1) is 23.5 Å². The minimum absolute atomic E-state index is 0.765. The Hall–Kier alpha value is -0.640. The second-order valence-corrected chi connectivity index (χ2v) is 5.53. The summed E-state index contributed by atoms with van der Waals surface area (Å²) < 4.78 is 2.88. The highest BCUT2D eigenvalue weighted by molar-refractivity contribution is 7.71. The number of aryl methyl sites for hydroxylation is 1. The molecule has 1 aromatic rings. The van der Waals surface area contributed by atoms with E-state index in [2.05, 4.69) is 21.7 Å². The summed E-state index contributed by atoms with van der Waals surface area (Å²) in [6.07, 6.45) is 6.85. The lowest BCUT2D eigenvalue weighted by molar-refractivity contribution is 0.268. The highest BCUT2D eigenvalue weighted by Gasteiger charge is 2.18. The van der Waals surface area contributed by atoms with Crippen LogP contribution < -0.4 is 0 Å². The molecule has 2 rings (SSSR count). The first-order chi connectivity index (χ1) is 7.66. The van der Waals surface area contributed by atoms with Gasteiger partial charge in [0.05, 0.1) is 0 Å². The summed E-state index contributed by atoms with van der Waals surface area (Å²) in [5.41, 5.74) is 0. The van der Waals surface area contributed by atoms with E-state index in [1.54, 1.807) is 0 Å². The van der Waals surface area contributed by atoms with Gasteiger partial charge in [-0.15, -0.1) is 0 Å². The maximum absolute atomic E-state index is 5.20. The van der Waals surface area contributed by atoms with Crippen molar-refractivity contribution in [3.63, 3.8) is 0 Å². The lowest BCUT2D eigenvalue weighted by Crippen LogP contribution is -2.14. The van der Waals surface area contributed by atoms with E-state index in [0.29, 0.717) is 0 Å². The van der Waals surface area contributed by atoms with E-state index in [9.17, 15) is 0 Å². The molecule has 3 nitrogen and oxygen atoms in total. The highest BCUT2D eigenvalue weighted by Crippen LogP contribution is 2.30. The van der Waals surface area contributed by atoms with Crippen LogP contribution in [0.2, 0.25) is 0 Å². The van der Waals surface area contributed by atoms with Gasteiger partial charge in [0.2, 0.25) is 0 Å². The summed E-state index contributed by atoms with van der Waals surface area (Å²) in [6.45, 7) is 5.40. The molecule has 16 heavy (non-hydrogen) atoms. The summed E-state index contributed by atoms with van der Waals surface area (Å²) in [5.74, 6) is 2.84. The predicted molar refractivity (Wildman–Crippen MR) is 67.9 cm³/mol. The van der Waals surface area contributed by atoms with Crippen molar-refractivity contribution in [2.24, 2.45) is 11.8 Å². The van der Waals surface area contributed by atoms with Gasteiger partial charge in [-0.1, -0.05) is 32.6 Å². The molecule has 90 valence electrons. The first kappa shape index (κ1) is 11.8. The van der Waals surface area contributed by atoms with Crippen molar-refractivity contribution in [2.45, 2.75) is 52.5 Å². The summed E-state index contributed by atoms with van der Waals surface area (Å²) in [5, 5.41) is 6.99. The molecule has 1 aliphatic carbocycles. The Bertz CT molecular complexity index is 385. The van der Waals surface area contributed by atoms with Crippen molar-refractivity contribution < 1.29 is 0 Å². The smallest absolute Gasteiger partial charge is 0.195 e. The Kier molecular flexibility index (Phi) is 3.79. The number of nitrogens with one attached hydrogen (secondary N) is 1. The molecule has 0 amide bonds. The molecule has 1 heterocycles. The number of aromatic amines is 1. The standard InChI is InChI=1S/C12H21N3S/c1-9-3-5-11(6-4-9)7-8-15-10(2)13-14-12(15)16/h9,11H,3-8H2,1-2H3,(H,14,16). The third-order valence-electron chi connectivity index (χ3n) is 3.85. The summed E-state index contributed by atoms with van der Waals surface area (Å²) in [7, 11) is 0. The highest BCUT2D eigenvalue weighted by atomic mass is 32.1. The third kappa shape index (κ3) is 2.73. The number of hydrogen-bond acceptors (Lipinski definition) is 2. The number of hydrogen-bond donors (Lipinski definition) is 1. The van der Waals surface area contributed by atoms with Gasteiger partial charge in [-0.25, -0.2) is 0 Å². The van der Waals surface area contributed by atoms with Gasteiger partial charge in [-0.2, -0.15) is 5.10 Å². The van der Waals surface area contributed by atoms with Crippen molar-refractivity contribution in [3.8, 4) is 0 Å². The SMILES string of the molecule is Cc1n[nH]c(=S)n1CCC1CCC(C)CC1. The van der Waals surface area contributed by atoms with Crippen molar-refractivity contribution >= 4 is 12.2 Å². The minimum atomic E-state index is 0.765. The van der Waals surface area contributed by atoms with E-state index in [1.807, 2.05) is 6.92 Å². The lowest BCUT2D eigenvalue weighted by atomic mass is 9.81. The molecule has 1 aliphatic rings. The third-order valence-corrected chi connectivity index (χ3v) is 4.16. The largest absolute Gasteiger partial charge is 0.304 e. The van der Waals surface area contributed by atoms with Crippen LogP contribution in [0.15, 0.2) is 0 Å². The number of rotatable bonds is 3. The van der Waals surface area contributed by atoms with Crippen LogP contribution in [0.4, 0.5) is 0 Å². The van der Waals surface area contributed by atoms with E-state index < -0.39 is 0 Å². The van der Waals surface area contributed by atoms with Gasteiger partial charge >= 0.3 is 0 Å². The van der Waals surface area contributed by atoms with Gasteiger partial charge < -0.3 is 4.57 Å². The van der Waals surface area contributed by atoms with Crippen LogP contribution in [-0.4, -0.2) is 14.8 Å². The first-order valence-electron chi connectivity index (χ1n) is 6.28. The van der Waals surface area contributed by atoms with Crippen LogP contribution in [0.25, 0.3) is 0 Å². The van der Waals surface area contributed by atoms with Gasteiger partial charge in [0.1, 0.15) is 5.82 Å². The zero-order valence-electron chi connectivity index (χ0n) is 10.2. The number of aromatic nitrogens is 3. The molecule has 1 fully saturated rings.